The van der Waals surface area contributed by atoms with Crippen molar-refractivity contribution in [3.8, 4) is 0 Å². The second kappa shape index (κ2) is 6.60. The Bertz CT molecular complexity index is 611. The van der Waals surface area contributed by atoms with Crippen molar-refractivity contribution in [3.05, 3.63) is 59.3 Å². The van der Waals surface area contributed by atoms with Gasteiger partial charge in [0.1, 0.15) is 23.9 Å². The molecule has 1 aliphatic rings. The number of benzene rings is 1. The van der Waals surface area contributed by atoms with E-state index in [2.05, 4.69) is 4.90 Å². The first-order valence-electron chi connectivity index (χ1n) is 7.46. The number of aliphatic hydroxyl groups excluding tert-OH is 1. The van der Waals surface area contributed by atoms with Gasteiger partial charge in [0.15, 0.2) is 0 Å². The van der Waals surface area contributed by atoms with Crippen LogP contribution in [0.15, 0.2) is 40.8 Å². The fourth-order valence-electron chi connectivity index (χ4n) is 2.84. The van der Waals surface area contributed by atoms with Gasteiger partial charge in [-0.1, -0.05) is 12.1 Å². The fraction of sp³-hybridized carbons (Fsp3) is 0.412. The summed E-state index contributed by atoms with van der Waals surface area (Å²) in [5.74, 6) is 1.17. The number of furan rings is 1. The Kier molecular flexibility index (Phi) is 4.57. The maximum Gasteiger partial charge on any atom is 0.129 e. The van der Waals surface area contributed by atoms with Crippen LogP contribution in [0.3, 0.4) is 0 Å². The topological polar surface area (TPSA) is 45.8 Å². The number of aliphatic hydroxyl groups is 1. The number of morpholine rings is 1. The molecule has 1 saturated heterocycles. The predicted octanol–water partition coefficient (Wildman–Crippen LogP) is 2.87. The first-order chi connectivity index (χ1) is 10.6. The Hall–Kier alpha value is -1.69. The van der Waals surface area contributed by atoms with E-state index in [0.29, 0.717) is 12.3 Å². The largest absolute Gasteiger partial charge is 0.462 e. The normalized spacial score (nSPS) is 22.9. The molecule has 0 spiro atoms. The van der Waals surface area contributed by atoms with E-state index >= 15 is 0 Å². The molecule has 0 radical (unpaired) electrons. The van der Waals surface area contributed by atoms with Crippen molar-refractivity contribution in [1.82, 2.24) is 4.90 Å². The maximum atomic E-state index is 13.0. The molecule has 2 aromatic rings. The Morgan fingerprint density at radius 2 is 1.86 bits per heavy atom. The Morgan fingerprint density at radius 3 is 2.55 bits per heavy atom. The lowest BCUT2D eigenvalue weighted by Crippen LogP contribution is -2.42. The summed E-state index contributed by atoms with van der Waals surface area (Å²) in [6.07, 6.45) is 0.0210. The molecule has 0 unspecified atom stereocenters. The van der Waals surface area contributed by atoms with E-state index in [0.717, 1.165) is 24.4 Å². The minimum Gasteiger partial charge on any atom is -0.462 e. The Morgan fingerprint density at radius 1 is 1.14 bits per heavy atom. The summed E-state index contributed by atoms with van der Waals surface area (Å²) in [6.45, 7) is 4.16. The Labute approximate surface area is 129 Å². The molecule has 0 aliphatic carbocycles. The third-order valence-corrected chi connectivity index (χ3v) is 3.83. The van der Waals surface area contributed by atoms with Gasteiger partial charge in [-0.3, -0.25) is 4.90 Å². The molecule has 4 nitrogen and oxygen atoms in total. The van der Waals surface area contributed by atoms with Crippen molar-refractivity contribution in [2.24, 2.45) is 0 Å². The average molecular weight is 305 g/mol. The molecule has 118 valence electrons. The minimum atomic E-state index is -0.239. The van der Waals surface area contributed by atoms with E-state index in [4.69, 9.17) is 14.3 Å². The van der Waals surface area contributed by atoms with E-state index in [-0.39, 0.29) is 24.6 Å². The van der Waals surface area contributed by atoms with Gasteiger partial charge in [-0.25, -0.2) is 4.39 Å². The standard InChI is InChI=1S/C17H20FNO3/c1-12-8-19(9-15-6-7-16(11-20)22-15)10-17(21-12)13-2-4-14(18)5-3-13/h2-7,12,17,20H,8-11H2,1H3/t12-,17+/m0/s1. The monoisotopic (exact) mass is 305 g/mol. The molecule has 22 heavy (non-hydrogen) atoms. The summed E-state index contributed by atoms with van der Waals surface area (Å²) in [6, 6.07) is 10.1. The smallest absolute Gasteiger partial charge is 0.129 e. The molecule has 2 heterocycles. The highest BCUT2D eigenvalue weighted by Crippen LogP contribution is 2.26. The SMILES string of the molecule is C[C@H]1CN(Cc2ccc(CO)o2)C[C@H](c2ccc(F)cc2)O1. The number of rotatable bonds is 4. The van der Waals surface area contributed by atoms with Gasteiger partial charge in [0.25, 0.3) is 0 Å². The van der Waals surface area contributed by atoms with Crippen molar-refractivity contribution in [2.45, 2.75) is 32.3 Å². The summed E-state index contributed by atoms with van der Waals surface area (Å²) in [4.78, 5) is 2.25. The highest BCUT2D eigenvalue weighted by molar-refractivity contribution is 5.19. The zero-order chi connectivity index (χ0) is 15.5. The van der Waals surface area contributed by atoms with Gasteiger partial charge in [0.05, 0.1) is 18.8 Å². The van der Waals surface area contributed by atoms with Gasteiger partial charge in [-0.2, -0.15) is 0 Å². The number of halogens is 1. The zero-order valence-electron chi connectivity index (χ0n) is 12.5. The molecule has 1 aromatic heterocycles. The highest BCUT2D eigenvalue weighted by Gasteiger charge is 2.27. The fourth-order valence-corrected chi connectivity index (χ4v) is 2.84. The van der Waals surface area contributed by atoms with Crippen LogP contribution >= 0.6 is 0 Å². The van der Waals surface area contributed by atoms with Crippen LogP contribution in [0.5, 0.6) is 0 Å². The van der Waals surface area contributed by atoms with E-state index in [1.54, 1.807) is 18.2 Å². The van der Waals surface area contributed by atoms with Crippen LogP contribution in [0.4, 0.5) is 4.39 Å². The van der Waals surface area contributed by atoms with Gasteiger partial charge in [-0.05, 0) is 36.8 Å². The van der Waals surface area contributed by atoms with Crippen LogP contribution in [0.1, 0.15) is 30.1 Å². The summed E-state index contributed by atoms with van der Waals surface area (Å²) < 4.78 is 24.6. The third-order valence-electron chi connectivity index (χ3n) is 3.83. The molecular formula is C17H20FNO3. The minimum absolute atomic E-state index is 0.0726. The van der Waals surface area contributed by atoms with Crippen LogP contribution in [0.2, 0.25) is 0 Å². The molecule has 1 aliphatic heterocycles. The lowest BCUT2D eigenvalue weighted by atomic mass is 10.1. The van der Waals surface area contributed by atoms with E-state index in [1.807, 2.05) is 13.0 Å². The molecule has 1 fully saturated rings. The van der Waals surface area contributed by atoms with Crippen molar-refractivity contribution < 1.29 is 18.7 Å². The number of hydrogen-bond acceptors (Lipinski definition) is 4. The van der Waals surface area contributed by atoms with Crippen LogP contribution < -0.4 is 0 Å². The van der Waals surface area contributed by atoms with Crippen LogP contribution in [-0.2, 0) is 17.9 Å². The number of hydrogen-bond donors (Lipinski definition) is 1. The highest BCUT2D eigenvalue weighted by atomic mass is 19.1. The Balaban J connectivity index is 1.69. The molecule has 1 N–H and O–H groups in total. The second-order valence-corrected chi connectivity index (χ2v) is 5.71. The van der Waals surface area contributed by atoms with Gasteiger partial charge in [-0.15, -0.1) is 0 Å². The molecule has 0 amide bonds. The van der Waals surface area contributed by atoms with Gasteiger partial charge >= 0.3 is 0 Å². The van der Waals surface area contributed by atoms with Crippen LogP contribution in [0, 0.1) is 5.82 Å². The molecule has 5 heteroatoms. The maximum absolute atomic E-state index is 13.0. The number of ether oxygens (including phenoxy) is 1. The van der Waals surface area contributed by atoms with Gasteiger partial charge in [0, 0.05) is 13.1 Å². The van der Waals surface area contributed by atoms with Crippen LogP contribution in [-0.4, -0.2) is 29.2 Å². The van der Waals surface area contributed by atoms with Crippen molar-refractivity contribution >= 4 is 0 Å². The summed E-state index contributed by atoms with van der Waals surface area (Å²) in [5.41, 5.74) is 0.980. The first-order valence-corrected chi connectivity index (χ1v) is 7.46. The zero-order valence-corrected chi connectivity index (χ0v) is 12.5. The van der Waals surface area contributed by atoms with E-state index < -0.39 is 0 Å². The molecule has 0 saturated carbocycles. The molecule has 0 bridgehead atoms. The van der Waals surface area contributed by atoms with Crippen LogP contribution in [0.25, 0.3) is 0 Å². The first kappa shape index (κ1) is 15.2. The second-order valence-electron chi connectivity index (χ2n) is 5.71. The summed E-state index contributed by atoms with van der Waals surface area (Å²) in [5, 5.41) is 9.05. The molecule has 2 atom stereocenters. The van der Waals surface area contributed by atoms with Crippen molar-refractivity contribution in [2.75, 3.05) is 13.1 Å². The molecule has 3 rings (SSSR count). The molecule has 1 aromatic carbocycles. The summed E-state index contributed by atoms with van der Waals surface area (Å²) >= 11 is 0. The van der Waals surface area contributed by atoms with E-state index in [1.165, 1.54) is 12.1 Å². The van der Waals surface area contributed by atoms with Gasteiger partial charge in [0.2, 0.25) is 0 Å². The van der Waals surface area contributed by atoms with Crippen molar-refractivity contribution in [1.29, 1.82) is 0 Å². The molecular weight excluding hydrogens is 285 g/mol. The summed E-state index contributed by atoms with van der Waals surface area (Å²) in [7, 11) is 0. The van der Waals surface area contributed by atoms with Crippen molar-refractivity contribution in [3.63, 3.8) is 0 Å². The lowest BCUT2D eigenvalue weighted by molar-refractivity contribution is -0.0827. The lowest BCUT2D eigenvalue weighted by Gasteiger charge is -2.36. The number of nitrogens with zero attached hydrogens (tertiary/aromatic N) is 1. The third kappa shape index (κ3) is 3.55. The van der Waals surface area contributed by atoms with Gasteiger partial charge < -0.3 is 14.3 Å². The quantitative estimate of drug-likeness (QED) is 0.943. The predicted molar refractivity (Wildman–Crippen MR) is 79.6 cm³/mol. The average Bonchev–Trinajstić information content (AvgIpc) is 2.95. The van der Waals surface area contributed by atoms with E-state index in [9.17, 15) is 4.39 Å².